The van der Waals surface area contributed by atoms with Crippen molar-refractivity contribution in [3.63, 3.8) is 0 Å². The second kappa shape index (κ2) is 9.42. The minimum absolute atomic E-state index is 0.0268. The van der Waals surface area contributed by atoms with Crippen molar-refractivity contribution < 1.29 is 23.0 Å². The number of halogens is 2. The van der Waals surface area contributed by atoms with Crippen LogP contribution >= 0.6 is 0 Å². The van der Waals surface area contributed by atoms with Crippen molar-refractivity contribution in [3.8, 4) is 11.5 Å². The van der Waals surface area contributed by atoms with E-state index in [2.05, 4.69) is 4.74 Å². The Bertz CT molecular complexity index is 539. The van der Waals surface area contributed by atoms with Crippen molar-refractivity contribution in [2.24, 2.45) is 11.7 Å². The van der Waals surface area contributed by atoms with Crippen LogP contribution in [0.25, 0.3) is 0 Å². The Kier molecular flexibility index (Phi) is 7.91. The number of benzene rings is 1. The first-order valence-electron chi connectivity index (χ1n) is 7.95. The Morgan fingerprint density at radius 2 is 1.96 bits per heavy atom. The zero-order valence-corrected chi connectivity index (χ0v) is 14.6. The zero-order chi connectivity index (χ0) is 18.3. The van der Waals surface area contributed by atoms with Crippen molar-refractivity contribution in [1.82, 2.24) is 4.90 Å². The Morgan fingerprint density at radius 3 is 2.50 bits per heavy atom. The topological polar surface area (TPSA) is 64.8 Å². The van der Waals surface area contributed by atoms with Gasteiger partial charge in [0.1, 0.15) is 0 Å². The van der Waals surface area contributed by atoms with E-state index in [1.807, 2.05) is 13.8 Å². The number of carbonyl (C=O) groups excluding carboxylic acids is 1. The molecule has 0 bridgehead atoms. The predicted octanol–water partition coefficient (Wildman–Crippen LogP) is 3.02. The van der Waals surface area contributed by atoms with Crippen molar-refractivity contribution >= 4 is 5.91 Å². The molecule has 0 saturated carbocycles. The second-order valence-corrected chi connectivity index (χ2v) is 6.02. The Labute approximate surface area is 141 Å². The minimum Gasteiger partial charge on any atom is -0.490 e. The van der Waals surface area contributed by atoms with Gasteiger partial charge in [-0.1, -0.05) is 19.9 Å². The Morgan fingerprint density at radius 1 is 1.29 bits per heavy atom. The molecular formula is C17H26F2N2O3. The third kappa shape index (κ3) is 6.31. The molecule has 0 unspecified atom stereocenters. The molecule has 0 saturated heterocycles. The molecule has 0 aromatic heterocycles. The maximum atomic E-state index is 12.4. The lowest BCUT2D eigenvalue weighted by Crippen LogP contribution is -2.42. The van der Waals surface area contributed by atoms with Gasteiger partial charge in [-0.25, -0.2) is 0 Å². The molecule has 1 aromatic carbocycles. The number of nitrogens with two attached hydrogens (primary N) is 1. The first-order chi connectivity index (χ1) is 11.2. The molecule has 0 aliphatic heterocycles. The second-order valence-electron chi connectivity index (χ2n) is 6.02. The molecule has 7 heteroatoms. The van der Waals surface area contributed by atoms with Gasteiger partial charge in [0.25, 0.3) is 0 Å². The summed E-state index contributed by atoms with van der Waals surface area (Å²) in [6.45, 7) is 3.45. The number of hydrogen-bond donors (Lipinski definition) is 1. The molecule has 0 fully saturated rings. The highest BCUT2D eigenvalue weighted by molar-refractivity contribution is 5.81. The summed E-state index contributed by atoms with van der Waals surface area (Å²) >= 11 is 0. The molecule has 1 amide bonds. The van der Waals surface area contributed by atoms with Gasteiger partial charge in [0.05, 0.1) is 12.6 Å². The summed E-state index contributed by atoms with van der Waals surface area (Å²) in [7, 11) is 1.66. The molecule has 24 heavy (non-hydrogen) atoms. The highest BCUT2D eigenvalue weighted by Crippen LogP contribution is 2.30. The lowest BCUT2D eigenvalue weighted by molar-refractivity contribution is -0.132. The van der Waals surface area contributed by atoms with Gasteiger partial charge >= 0.3 is 6.61 Å². The fourth-order valence-corrected chi connectivity index (χ4v) is 2.36. The van der Waals surface area contributed by atoms with Gasteiger partial charge in [-0.05, 0) is 37.0 Å². The summed E-state index contributed by atoms with van der Waals surface area (Å²) in [6, 6.07) is 4.08. The Hall–Kier alpha value is -1.89. The first-order valence-corrected chi connectivity index (χ1v) is 7.95. The van der Waals surface area contributed by atoms with Gasteiger partial charge in [-0.3, -0.25) is 4.79 Å². The monoisotopic (exact) mass is 344 g/mol. The summed E-state index contributed by atoms with van der Waals surface area (Å²) in [4.78, 5) is 13.8. The van der Waals surface area contributed by atoms with Crippen molar-refractivity contribution in [2.75, 3.05) is 13.7 Å². The number of amides is 1. The van der Waals surface area contributed by atoms with E-state index in [1.165, 1.54) is 11.0 Å². The number of alkyl halides is 2. The van der Waals surface area contributed by atoms with Crippen molar-refractivity contribution in [2.45, 2.75) is 46.4 Å². The van der Waals surface area contributed by atoms with Crippen molar-refractivity contribution in [1.29, 1.82) is 0 Å². The maximum Gasteiger partial charge on any atom is 0.387 e. The fraction of sp³-hybridized carbons (Fsp3) is 0.588. The largest absolute Gasteiger partial charge is 0.490 e. The number of carbonyl (C=O) groups is 1. The predicted molar refractivity (Wildman–Crippen MR) is 88.1 cm³/mol. The average Bonchev–Trinajstić information content (AvgIpc) is 2.48. The van der Waals surface area contributed by atoms with Crippen LogP contribution in [0.2, 0.25) is 0 Å². The molecule has 2 N–H and O–H groups in total. The minimum atomic E-state index is -2.92. The first kappa shape index (κ1) is 20.2. The third-order valence-corrected chi connectivity index (χ3v) is 3.36. The maximum absolute atomic E-state index is 12.4. The molecule has 1 rings (SSSR count). The van der Waals surface area contributed by atoms with E-state index in [9.17, 15) is 13.6 Å². The number of rotatable bonds is 9. The highest BCUT2D eigenvalue weighted by Gasteiger charge is 2.20. The van der Waals surface area contributed by atoms with Gasteiger partial charge in [0.2, 0.25) is 5.91 Å². The van der Waals surface area contributed by atoms with Crippen molar-refractivity contribution in [3.05, 3.63) is 23.8 Å². The van der Waals surface area contributed by atoms with Gasteiger partial charge < -0.3 is 20.1 Å². The van der Waals surface area contributed by atoms with Crippen LogP contribution in [0.5, 0.6) is 11.5 Å². The summed E-state index contributed by atoms with van der Waals surface area (Å²) in [6.07, 6.45) is 0.606. The van der Waals surface area contributed by atoms with Gasteiger partial charge in [-0.2, -0.15) is 8.78 Å². The van der Waals surface area contributed by atoms with E-state index in [4.69, 9.17) is 10.5 Å². The average molecular weight is 344 g/mol. The number of ether oxygens (including phenoxy) is 2. The molecule has 0 aliphatic rings. The number of likely N-dealkylation sites (N-methyl/N-ethyl adjacent to an activating group) is 1. The van der Waals surface area contributed by atoms with Crippen LogP contribution in [0, 0.1) is 5.92 Å². The molecule has 0 heterocycles. The van der Waals surface area contributed by atoms with Crippen LogP contribution in [-0.4, -0.2) is 37.1 Å². The quantitative estimate of drug-likeness (QED) is 0.748. The van der Waals surface area contributed by atoms with Crippen LogP contribution < -0.4 is 15.2 Å². The summed E-state index contributed by atoms with van der Waals surface area (Å²) in [5.41, 5.74) is 6.65. The van der Waals surface area contributed by atoms with Gasteiger partial charge in [0.15, 0.2) is 11.5 Å². The number of nitrogens with zero attached hydrogens (tertiary/aromatic N) is 1. The van der Waals surface area contributed by atoms with Crippen LogP contribution in [0.1, 0.15) is 32.8 Å². The van der Waals surface area contributed by atoms with E-state index < -0.39 is 12.7 Å². The Balaban J connectivity index is 2.83. The highest BCUT2D eigenvalue weighted by atomic mass is 19.3. The van der Waals surface area contributed by atoms with E-state index in [0.29, 0.717) is 25.5 Å². The third-order valence-electron chi connectivity index (χ3n) is 3.36. The molecular weight excluding hydrogens is 318 g/mol. The van der Waals surface area contributed by atoms with Crippen LogP contribution in [0.3, 0.4) is 0 Å². The molecule has 1 aromatic rings. The number of hydrogen-bond acceptors (Lipinski definition) is 4. The molecule has 1 atom stereocenters. The smallest absolute Gasteiger partial charge is 0.387 e. The van der Waals surface area contributed by atoms with Gasteiger partial charge in [-0.15, -0.1) is 0 Å². The standard InChI is InChI=1S/C17H26F2N2O3/c1-5-23-15-9-12(6-7-14(15)24-17(18)19)10-21(4)16(22)13(20)8-11(2)3/h6-7,9,11,13,17H,5,8,10,20H2,1-4H3/t13-/m0/s1. The molecule has 5 nitrogen and oxygen atoms in total. The van der Waals surface area contributed by atoms with E-state index in [0.717, 1.165) is 5.56 Å². The molecule has 136 valence electrons. The normalized spacial score (nSPS) is 12.4. The van der Waals surface area contributed by atoms with E-state index in [-0.39, 0.29) is 17.4 Å². The molecule has 0 aliphatic carbocycles. The lowest BCUT2D eigenvalue weighted by atomic mass is 10.0. The molecule has 0 spiro atoms. The summed E-state index contributed by atoms with van der Waals surface area (Å²) in [5.74, 6) is 0.367. The summed E-state index contributed by atoms with van der Waals surface area (Å²) < 4.78 is 34.6. The zero-order valence-electron chi connectivity index (χ0n) is 14.6. The SMILES string of the molecule is CCOc1cc(CN(C)C(=O)[C@@H](N)CC(C)C)ccc1OC(F)F. The lowest BCUT2D eigenvalue weighted by Gasteiger charge is -2.23. The fourth-order valence-electron chi connectivity index (χ4n) is 2.36. The van der Waals surface area contributed by atoms with E-state index in [1.54, 1.807) is 26.1 Å². The van der Waals surface area contributed by atoms with Gasteiger partial charge in [0, 0.05) is 13.6 Å². The van der Waals surface area contributed by atoms with Crippen LogP contribution in [0.15, 0.2) is 18.2 Å². The van der Waals surface area contributed by atoms with E-state index >= 15 is 0 Å². The van der Waals surface area contributed by atoms with Crippen LogP contribution in [0.4, 0.5) is 8.78 Å². The van der Waals surface area contributed by atoms with Crippen LogP contribution in [-0.2, 0) is 11.3 Å². The summed E-state index contributed by atoms with van der Waals surface area (Å²) in [5, 5.41) is 0. The molecule has 0 radical (unpaired) electrons.